The molecule has 5 heteroatoms. The third-order valence-corrected chi connectivity index (χ3v) is 6.40. The average molecular weight is 502 g/mol. The van der Waals surface area contributed by atoms with Gasteiger partial charge in [0.1, 0.15) is 5.82 Å². The summed E-state index contributed by atoms with van der Waals surface area (Å²) in [6.07, 6.45) is 3.91. The summed E-state index contributed by atoms with van der Waals surface area (Å²) in [6, 6.07) is 25.1. The van der Waals surface area contributed by atoms with Crippen molar-refractivity contribution in [3.8, 4) is 0 Å². The zero-order valence-electron chi connectivity index (χ0n) is 22.5. The molecule has 1 fully saturated rings. The summed E-state index contributed by atoms with van der Waals surface area (Å²) in [6.45, 7) is 18.8. The maximum absolute atomic E-state index is 4.59. The van der Waals surface area contributed by atoms with Gasteiger partial charge in [-0.2, -0.15) is 0 Å². The van der Waals surface area contributed by atoms with Crippen molar-refractivity contribution in [3.63, 3.8) is 0 Å². The van der Waals surface area contributed by atoms with E-state index in [0.29, 0.717) is 5.82 Å². The quantitative estimate of drug-likeness (QED) is 0.252. The summed E-state index contributed by atoms with van der Waals surface area (Å²) in [5.74, 6) is 0.687. The number of hydrogen-bond acceptors (Lipinski definition) is 4. The number of anilines is 2. The Morgan fingerprint density at radius 2 is 1.39 bits per heavy atom. The Morgan fingerprint density at radius 3 is 1.97 bits per heavy atom. The number of nitrogens with zero attached hydrogens (tertiary/aromatic N) is 3. The van der Waals surface area contributed by atoms with Gasteiger partial charge in [-0.25, -0.2) is 4.99 Å². The summed E-state index contributed by atoms with van der Waals surface area (Å²) in [5, 5.41) is 6.23. The van der Waals surface area contributed by atoms with E-state index in [9.17, 15) is 0 Å². The molecule has 3 aromatic carbocycles. The number of hydrogen-bond donors (Lipinski definition) is 2. The molecule has 1 heterocycles. The molecule has 0 spiro atoms. The first-order valence-corrected chi connectivity index (χ1v) is 12.5. The van der Waals surface area contributed by atoms with Crippen LogP contribution in [0.25, 0.3) is 11.6 Å². The fraction of sp³-hybridized carbons (Fsp3) is 0.121. The average Bonchev–Trinajstić information content (AvgIpc) is 2.90. The summed E-state index contributed by atoms with van der Waals surface area (Å²) in [5.41, 5.74) is 10.1. The zero-order valence-corrected chi connectivity index (χ0v) is 22.5. The highest BCUT2D eigenvalue weighted by atomic mass is 15.1. The van der Waals surface area contributed by atoms with Crippen molar-refractivity contribution in [2.75, 3.05) is 23.9 Å². The van der Waals surface area contributed by atoms with E-state index in [1.165, 1.54) is 5.56 Å². The fourth-order valence-electron chi connectivity index (χ4n) is 4.13. The van der Waals surface area contributed by atoms with Gasteiger partial charge in [-0.15, -0.1) is 0 Å². The van der Waals surface area contributed by atoms with Crippen LogP contribution >= 0.6 is 0 Å². The van der Waals surface area contributed by atoms with Crippen LogP contribution in [0.2, 0.25) is 0 Å². The van der Waals surface area contributed by atoms with Gasteiger partial charge >= 0.3 is 0 Å². The van der Waals surface area contributed by atoms with Crippen LogP contribution in [0.5, 0.6) is 0 Å². The fourth-order valence-corrected chi connectivity index (χ4v) is 4.13. The van der Waals surface area contributed by atoms with Gasteiger partial charge in [0.15, 0.2) is 0 Å². The van der Waals surface area contributed by atoms with Crippen molar-refractivity contribution in [1.82, 2.24) is 10.6 Å². The molecule has 1 aliphatic heterocycles. The second kappa shape index (κ2) is 11.5. The maximum atomic E-state index is 4.59. The lowest BCUT2D eigenvalue weighted by atomic mass is 10.0. The van der Waals surface area contributed by atoms with Gasteiger partial charge < -0.3 is 20.4 Å². The van der Waals surface area contributed by atoms with E-state index in [1.807, 2.05) is 49.5 Å². The molecule has 38 heavy (non-hydrogen) atoms. The Morgan fingerprint density at radius 1 is 0.816 bits per heavy atom. The minimum atomic E-state index is 0.687. The third kappa shape index (κ3) is 6.51. The Bertz CT molecular complexity index is 1390. The highest BCUT2D eigenvalue weighted by Crippen LogP contribution is 2.24. The molecule has 0 aliphatic carbocycles. The van der Waals surface area contributed by atoms with Crippen molar-refractivity contribution < 1.29 is 0 Å². The first-order chi connectivity index (χ1) is 18.2. The molecule has 0 unspecified atom stereocenters. The molecule has 0 bridgehead atoms. The Labute approximate surface area is 226 Å². The Hall–Kier alpha value is -4.77. The van der Waals surface area contributed by atoms with Crippen LogP contribution in [0.1, 0.15) is 23.6 Å². The summed E-state index contributed by atoms with van der Waals surface area (Å²) in [4.78, 5) is 8.84. The van der Waals surface area contributed by atoms with Crippen LogP contribution < -0.4 is 20.4 Å². The molecule has 0 saturated carbocycles. The van der Waals surface area contributed by atoms with Crippen LogP contribution in [0.4, 0.5) is 17.1 Å². The molecule has 5 nitrogen and oxygen atoms in total. The second-order valence-electron chi connectivity index (χ2n) is 9.54. The lowest BCUT2D eigenvalue weighted by molar-refractivity contribution is 0.806. The lowest BCUT2D eigenvalue weighted by Crippen LogP contribution is -2.32. The molecule has 2 N–H and O–H groups in total. The zero-order chi connectivity index (χ0) is 27.2. The van der Waals surface area contributed by atoms with Gasteiger partial charge in [-0.05, 0) is 66.1 Å². The predicted molar refractivity (Wildman–Crippen MR) is 164 cm³/mol. The molecule has 1 aliphatic rings. The lowest BCUT2D eigenvalue weighted by Gasteiger charge is -2.25. The first-order valence-electron chi connectivity index (χ1n) is 12.5. The largest absolute Gasteiger partial charge is 0.370 e. The van der Waals surface area contributed by atoms with Crippen molar-refractivity contribution in [1.29, 1.82) is 0 Å². The van der Waals surface area contributed by atoms with Gasteiger partial charge in [0.2, 0.25) is 0 Å². The molecule has 0 radical (unpaired) electrons. The number of nitrogens with one attached hydrogen (secondary N) is 2. The Kier molecular flexibility index (Phi) is 7.97. The van der Waals surface area contributed by atoms with E-state index in [2.05, 4.69) is 108 Å². The van der Waals surface area contributed by atoms with E-state index >= 15 is 0 Å². The van der Waals surface area contributed by atoms with Crippen molar-refractivity contribution in [2.24, 2.45) is 4.99 Å². The summed E-state index contributed by atoms with van der Waals surface area (Å²) >= 11 is 0. The van der Waals surface area contributed by atoms with Gasteiger partial charge in [-0.1, -0.05) is 68.3 Å². The molecule has 192 valence electrons. The van der Waals surface area contributed by atoms with Crippen LogP contribution in [0.3, 0.4) is 0 Å². The molecule has 1 saturated heterocycles. The van der Waals surface area contributed by atoms with Crippen molar-refractivity contribution >= 4 is 35.0 Å². The van der Waals surface area contributed by atoms with Crippen LogP contribution in [0.15, 0.2) is 127 Å². The highest BCUT2D eigenvalue weighted by molar-refractivity contribution is 5.80. The monoisotopic (exact) mass is 501 g/mol. The molecule has 0 atom stereocenters. The molecular weight excluding hydrogens is 466 g/mol. The maximum Gasteiger partial charge on any atom is 0.100 e. The van der Waals surface area contributed by atoms with Crippen molar-refractivity contribution in [3.05, 3.63) is 139 Å². The topological polar surface area (TPSA) is 42.9 Å². The van der Waals surface area contributed by atoms with Gasteiger partial charge in [-0.3, -0.25) is 0 Å². The van der Waals surface area contributed by atoms with Crippen LogP contribution in [0, 0.1) is 0 Å². The number of rotatable bonds is 8. The first kappa shape index (κ1) is 26.3. The highest BCUT2D eigenvalue weighted by Gasteiger charge is 2.15. The standard InChI is InChI=1S/C33H35N5/c1-23(2)29-12-14-30(15-13-29)34-22-38(7)32-18-10-28(11-19-32)21-37(6)31-16-8-27(9-17-31)20-33-24(3)35-26(5)36-25(33)4/h8-20,22,35-36H,1,3-5,21H2,2,6-7H3/b34-22+. The minimum absolute atomic E-state index is 0.687. The van der Waals surface area contributed by atoms with E-state index in [0.717, 1.165) is 57.3 Å². The van der Waals surface area contributed by atoms with E-state index < -0.39 is 0 Å². The van der Waals surface area contributed by atoms with Crippen LogP contribution in [-0.2, 0) is 6.54 Å². The van der Waals surface area contributed by atoms with Gasteiger partial charge in [0.05, 0.1) is 12.0 Å². The molecule has 0 aromatic heterocycles. The molecular formula is C33H35N5. The summed E-state index contributed by atoms with van der Waals surface area (Å²) < 4.78 is 0. The molecule has 4 rings (SSSR count). The molecule has 3 aromatic rings. The van der Waals surface area contributed by atoms with Gasteiger partial charge in [0.25, 0.3) is 0 Å². The van der Waals surface area contributed by atoms with Crippen molar-refractivity contribution in [2.45, 2.75) is 13.5 Å². The van der Waals surface area contributed by atoms with E-state index in [4.69, 9.17) is 0 Å². The third-order valence-electron chi connectivity index (χ3n) is 6.40. The van der Waals surface area contributed by atoms with Gasteiger partial charge in [0, 0.05) is 49.0 Å². The van der Waals surface area contributed by atoms with E-state index in [1.54, 1.807) is 0 Å². The number of allylic oxidation sites excluding steroid dienone is 1. The number of benzene rings is 3. The minimum Gasteiger partial charge on any atom is -0.370 e. The predicted octanol–water partition coefficient (Wildman–Crippen LogP) is 7.23. The number of aliphatic imine (C=N–C) groups is 1. The smallest absolute Gasteiger partial charge is 0.100 e. The molecule has 0 amide bonds. The Balaban J connectivity index is 1.35. The van der Waals surface area contributed by atoms with E-state index in [-0.39, 0.29) is 0 Å². The second-order valence-corrected chi connectivity index (χ2v) is 9.54. The van der Waals surface area contributed by atoms with Crippen LogP contribution in [-0.4, -0.2) is 20.4 Å². The normalized spacial score (nSPS) is 13.2. The SMILES string of the molecule is C=C1NC(=C)C(=Cc2ccc(N(C)Cc3ccc(N(C)/C=N/c4ccc(C(=C)C)cc4)cc3)cc2)C(=C)N1. The summed E-state index contributed by atoms with van der Waals surface area (Å²) in [7, 11) is 4.10.